The fourth-order valence-electron chi connectivity index (χ4n) is 1.78. The lowest BCUT2D eigenvalue weighted by molar-refractivity contribution is 0.238. The van der Waals surface area contributed by atoms with E-state index in [9.17, 15) is 5.26 Å². The Balaban J connectivity index is 3.51. The molecule has 5 nitrogen and oxygen atoms in total. The molecule has 0 saturated heterocycles. The second-order valence-electron chi connectivity index (χ2n) is 4.49. The van der Waals surface area contributed by atoms with E-state index in [1.807, 2.05) is 25.9 Å². The third-order valence-corrected chi connectivity index (χ3v) is 3.34. The molecule has 0 aromatic heterocycles. The molecule has 104 valence electrons. The average molecular weight is 264 g/mol. The summed E-state index contributed by atoms with van der Waals surface area (Å²) in [4.78, 5) is 1.84. The van der Waals surface area contributed by atoms with Crippen LogP contribution in [0.15, 0.2) is 12.1 Å². The summed E-state index contributed by atoms with van der Waals surface area (Å²) < 4.78 is 15.9. The van der Waals surface area contributed by atoms with Gasteiger partial charge in [-0.3, -0.25) is 4.90 Å². The Morgan fingerprint density at radius 2 is 1.53 bits per heavy atom. The quantitative estimate of drug-likeness (QED) is 0.814. The molecule has 0 saturated carbocycles. The van der Waals surface area contributed by atoms with Crippen molar-refractivity contribution in [3.05, 3.63) is 17.7 Å². The van der Waals surface area contributed by atoms with Crippen LogP contribution < -0.4 is 14.2 Å². The molecule has 0 N–H and O–H groups in total. The number of ether oxygens (including phenoxy) is 3. The fraction of sp³-hybridized carbons (Fsp3) is 0.500. The molecule has 0 fully saturated rings. The van der Waals surface area contributed by atoms with E-state index in [1.165, 1.54) is 0 Å². The standard InChI is InChI=1S/C14H20N2O3/c1-14(9-15,16(2)3)10-7-11(17-4)13(19-6)12(8-10)18-5/h7-8H,1-6H3. The summed E-state index contributed by atoms with van der Waals surface area (Å²) in [6, 6.07) is 5.90. The first-order valence-electron chi connectivity index (χ1n) is 5.83. The Labute approximate surface area is 114 Å². The molecule has 0 radical (unpaired) electrons. The van der Waals surface area contributed by atoms with Gasteiger partial charge in [0.1, 0.15) is 5.54 Å². The van der Waals surface area contributed by atoms with Gasteiger partial charge in [0, 0.05) is 0 Å². The predicted octanol–water partition coefficient (Wildman–Crippen LogP) is 2.01. The highest BCUT2D eigenvalue weighted by Gasteiger charge is 2.31. The molecular weight excluding hydrogens is 244 g/mol. The van der Waals surface area contributed by atoms with E-state index in [0.29, 0.717) is 17.2 Å². The highest BCUT2D eigenvalue weighted by atomic mass is 16.5. The SMILES string of the molecule is COc1cc(C(C)(C#N)N(C)C)cc(OC)c1OC. The van der Waals surface area contributed by atoms with Crippen LogP contribution in [0.4, 0.5) is 0 Å². The van der Waals surface area contributed by atoms with Crippen LogP contribution in [0.3, 0.4) is 0 Å². The van der Waals surface area contributed by atoms with Gasteiger partial charge in [0.25, 0.3) is 0 Å². The lowest BCUT2D eigenvalue weighted by Crippen LogP contribution is -2.37. The van der Waals surface area contributed by atoms with Crippen LogP contribution in [-0.2, 0) is 5.54 Å². The van der Waals surface area contributed by atoms with E-state index in [4.69, 9.17) is 14.2 Å². The molecule has 1 aromatic carbocycles. The van der Waals surface area contributed by atoms with Crippen molar-refractivity contribution in [1.29, 1.82) is 5.26 Å². The Hall–Kier alpha value is -1.93. The molecule has 0 bridgehead atoms. The van der Waals surface area contributed by atoms with E-state index in [-0.39, 0.29) is 0 Å². The number of methoxy groups -OCH3 is 3. The topological polar surface area (TPSA) is 54.7 Å². The first-order chi connectivity index (χ1) is 8.94. The Kier molecular flexibility index (Phi) is 4.62. The Morgan fingerprint density at radius 3 is 1.79 bits per heavy atom. The van der Waals surface area contributed by atoms with Gasteiger partial charge in [-0.15, -0.1) is 0 Å². The summed E-state index contributed by atoms with van der Waals surface area (Å²) in [6.45, 7) is 1.84. The minimum atomic E-state index is -0.771. The Morgan fingerprint density at radius 1 is 1.05 bits per heavy atom. The van der Waals surface area contributed by atoms with Crippen LogP contribution >= 0.6 is 0 Å². The van der Waals surface area contributed by atoms with Crippen molar-refractivity contribution in [2.75, 3.05) is 35.4 Å². The second-order valence-corrected chi connectivity index (χ2v) is 4.49. The first kappa shape index (κ1) is 15.1. The number of nitriles is 1. The minimum absolute atomic E-state index is 0.521. The molecule has 0 aliphatic rings. The number of hydrogen-bond donors (Lipinski definition) is 0. The predicted molar refractivity (Wildman–Crippen MR) is 72.8 cm³/mol. The van der Waals surface area contributed by atoms with Crippen molar-refractivity contribution in [3.63, 3.8) is 0 Å². The number of nitrogens with zero attached hydrogens (tertiary/aromatic N) is 2. The van der Waals surface area contributed by atoms with Crippen molar-refractivity contribution in [2.45, 2.75) is 12.5 Å². The summed E-state index contributed by atoms with van der Waals surface area (Å²) in [5, 5.41) is 9.46. The van der Waals surface area contributed by atoms with Crippen molar-refractivity contribution < 1.29 is 14.2 Å². The number of rotatable bonds is 5. The number of benzene rings is 1. The lowest BCUT2D eigenvalue weighted by Gasteiger charge is -2.30. The lowest BCUT2D eigenvalue weighted by atomic mass is 9.91. The molecule has 1 atom stereocenters. The van der Waals surface area contributed by atoms with Crippen LogP contribution in [0, 0.1) is 11.3 Å². The van der Waals surface area contributed by atoms with Gasteiger partial charge in [0.2, 0.25) is 5.75 Å². The van der Waals surface area contributed by atoms with E-state index in [1.54, 1.807) is 33.5 Å². The van der Waals surface area contributed by atoms with Crippen LogP contribution in [0.1, 0.15) is 12.5 Å². The van der Waals surface area contributed by atoms with E-state index in [0.717, 1.165) is 5.56 Å². The van der Waals surface area contributed by atoms with Crippen molar-refractivity contribution in [1.82, 2.24) is 4.90 Å². The van der Waals surface area contributed by atoms with Gasteiger partial charge in [-0.2, -0.15) is 5.26 Å². The maximum atomic E-state index is 9.46. The zero-order valence-electron chi connectivity index (χ0n) is 12.3. The monoisotopic (exact) mass is 264 g/mol. The second kappa shape index (κ2) is 5.81. The highest BCUT2D eigenvalue weighted by Crippen LogP contribution is 2.41. The summed E-state index contributed by atoms with van der Waals surface area (Å²) >= 11 is 0. The molecule has 5 heteroatoms. The van der Waals surface area contributed by atoms with Gasteiger partial charge in [-0.1, -0.05) is 0 Å². The van der Waals surface area contributed by atoms with Gasteiger partial charge in [-0.25, -0.2) is 0 Å². The van der Waals surface area contributed by atoms with Crippen LogP contribution in [0.2, 0.25) is 0 Å². The first-order valence-corrected chi connectivity index (χ1v) is 5.83. The maximum Gasteiger partial charge on any atom is 0.203 e. The van der Waals surface area contributed by atoms with E-state index < -0.39 is 5.54 Å². The summed E-state index contributed by atoms with van der Waals surface area (Å²) in [7, 11) is 8.37. The average Bonchev–Trinajstić information content (AvgIpc) is 2.44. The molecule has 19 heavy (non-hydrogen) atoms. The summed E-state index contributed by atoms with van der Waals surface area (Å²) in [6.07, 6.45) is 0. The highest BCUT2D eigenvalue weighted by molar-refractivity contribution is 5.56. The molecule has 1 unspecified atom stereocenters. The molecular formula is C14H20N2O3. The molecule has 0 aliphatic heterocycles. The molecule has 0 spiro atoms. The van der Waals surface area contributed by atoms with E-state index in [2.05, 4.69) is 6.07 Å². The van der Waals surface area contributed by atoms with Crippen LogP contribution in [-0.4, -0.2) is 40.3 Å². The zero-order valence-corrected chi connectivity index (χ0v) is 12.3. The molecule has 0 heterocycles. The zero-order chi connectivity index (χ0) is 14.6. The number of hydrogen-bond acceptors (Lipinski definition) is 5. The minimum Gasteiger partial charge on any atom is -0.493 e. The largest absolute Gasteiger partial charge is 0.493 e. The van der Waals surface area contributed by atoms with Crippen molar-refractivity contribution >= 4 is 0 Å². The molecule has 1 rings (SSSR count). The van der Waals surface area contributed by atoms with Gasteiger partial charge < -0.3 is 14.2 Å². The van der Waals surface area contributed by atoms with Gasteiger partial charge in [0.05, 0.1) is 27.4 Å². The van der Waals surface area contributed by atoms with Crippen LogP contribution in [0.25, 0.3) is 0 Å². The third-order valence-electron chi connectivity index (χ3n) is 3.34. The van der Waals surface area contributed by atoms with Gasteiger partial charge in [0.15, 0.2) is 11.5 Å². The van der Waals surface area contributed by atoms with Gasteiger partial charge >= 0.3 is 0 Å². The summed E-state index contributed by atoms with van der Waals surface area (Å²) in [5.41, 5.74) is 0.0156. The van der Waals surface area contributed by atoms with E-state index >= 15 is 0 Å². The van der Waals surface area contributed by atoms with Crippen molar-refractivity contribution in [2.24, 2.45) is 0 Å². The van der Waals surface area contributed by atoms with Gasteiger partial charge in [-0.05, 0) is 38.7 Å². The third kappa shape index (κ3) is 2.59. The van der Waals surface area contributed by atoms with Crippen molar-refractivity contribution in [3.8, 4) is 23.3 Å². The fourth-order valence-corrected chi connectivity index (χ4v) is 1.78. The normalized spacial score (nSPS) is 13.6. The summed E-state index contributed by atoms with van der Waals surface area (Å²) in [5.74, 6) is 1.60. The molecule has 0 aliphatic carbocycles. The molecule has 0 amide bonds. The molecule has 1 aromatic rings. The smallest absolute Gasteiger partial charge is 0.203 e. The van der Waals surface area contributed by atoms with Crippen LogP contribution in [0.5, 0.6) is 17.2 Å². The maximum absolute atomic E-state index is 9.46. The Bertz CT molecular complexity index is 469.